The number of carbonyl (C=O) groups excluding carboxylic acids is 1. The topological polar surface area (TPSA) is 92.2 Å². The Hall–Kier alpha value is -1.98. The number of aromatic nitrogens is 2. The molecule has 2 unspecified atom stereocenters. The third-order valence-corrected chi connectivity index (χ3v) is 3.80. The molecule has 1 aliphatic rings. The highest BCUT2D eigenvalue weighted by Crippen LogP contribution is 2.26. The standard InChI is InChI=1S/C14H19N3O3/c1-2-9-4-3-5-10(6-9)17-13(18)11-7-16-12(8-15-11)14(19)20/h7-10H,2-6H2,1H3,(H,17,18)(H,19,20). The highest BCUT2D eigenvalue weighted by atomic mass is 16.4. The molecule has 0 radical (unpaired) electrons. The Bertz CT molecular complexity index is 487. The summed E-state index contributed by atoms with van der Waals surface area (Å²) < 4.78 is 0. The zero-order valence-electron chi connectivity index (χ0n) is 11.5. The lowest BCUT2D eigenvalue weighted by Crippen LogP contribution is -2.38. The van der Waals surface area contributed by atoms with Crippen molar-refractivity contribution in [2.75, 3.05) is 0 Å². The molecule has 108 valence electrons. The van der Waals surface area contributed by atoms with Gasteiger partial charge in [-0.1, -0.05) is 26.2 Å². The molecule has 0 saturated heterocycles. The smallest absolute Gasteiger partial charge is 0.356 e. The van der Waals surface area contributed by atoms with Gasteiger partial charge in [0.15, 0.2) is 5.69 Å². The summed E-state index contributed by atoms with van der Waals surface area (Å²) in [6, 6.07) is 0.183. The van der Waals surface area contributed by atoms with Gasteiger partial charge in [-0.15, -0.1) is 0 Å². The fourth-order valence-corrected chi connectivity index (χ4v) is 2.61. The maximum Gasteiger partial charge on any atom is 0.356 e. The van der Waals surface area contributed by atoms with E-state index in [1.165, 1.54) is 12.6 Å². The maximum atomic E-state index is 12.0. The number of carboxylic acid groups (broad SMARTS) is 1. The van der Waals surface area contributed by atoms with Crippen LogP contribution >= 0.6 is 0 Å². The van der Waals surface area contributed by atoms with Crippen molar-refractivity contribution in [3.8, 4) is 0 Å². The average Bonchev–Trinajstić information content (AvgIpc) is 2.47. The minimum atomic E-state index is -1.15. The quantitative estimate of drug-likeness (QED) is 0.876. The molecule has 0 aromatic carbocycles. The van der Waals surface area contributed by atoms with Crippen molar-refractivity contribution in [1.82, 2.24) is 15.3 Å². The van der Waals surface area contributed by atoms with Gasteiger partial charge in [-0.05, 0) is 18.8 Å². The second-order valence-corrected chi connectivity index (χ2v) is 5.20. The Balaban J connectivity index is 1.95. The van der Waals surface area contributed by atoms with Crippen LogP contribution < -0.4 is 5.32 Å². The molecule has 1 amide bonds. The number of rotatable bonds is 4. The molecular formula is C14H19N3O3. The van der Waals surface area contributed by atoms with E-state index in [1.54, 1.807) is 0 Å². The van der Waals surface area contributed by atoms with E-state index < -0.39 is 5.97 Å². The van der Waals surface area contributed by atoms with Gasteiger partial charge in [-0.25, -0.2) is 14.8 Å². The molecule has 6 heteroatoms. The van der Waals surface area contributed by atoms with Crippen LogP contribution in [0.15, 0.2) is 12.4 Å². The van der Waals surface area contributed by atoms with Crippen molar-refractivity contribution in [2.24, 2.45) is 5.92 Å². The van der Waals surface area contributed by atoms with Crippen LogP contribution in [0.2, 0.25) is 0 Å². The molecule has 1 aromatic rings. The van der Waals surface area contributed by atoms with Crippen LogP contribution in [-0.4, -0.2) is 33.0 Å². The summed E-state index contributed by atoms with van der Waals surface area (Å²) in [5.41, 5.74) is -0.00103. The van der Waals surface area contributed by atoms with E-state index in [9.17, 15) is 9.59 Å². The molecule has 2 N–H and O–H groups in total. The second kappa shape index (κ2) is 6.45. The molecule has 20 heavy (non-hydrogen) atoms. The first-order valence-electron chi connectivity index (χ1n) is 6.96. The lowest BCUT2D eigenvalue weighted by Gasteiger charge is -2.28. The van der Waals surface area contributed by atoms with Crippen molar-refractivity contribution in [1.29, 1.82) is 0 Å². The average molecular weight is 277 g/mol. The largest absolute Gasteiger partial charge is 0.476 e. The first-order chi connectivity index (χ1) is 9.60. The molecule has 0 spiro atoms. The molecule has 1 aliphatic carbocycles. The van der Waals surface area contributed by atoms with Crippen LogP contribution in [0, 0.1) is 5.92 Å². The van der Waals surface area contributed by atoms with E-state index in [-0.39, 0.29) is 23.3 Å². The summed E-state index contributed by atoms with van der Waals surface area (Å²) in [5, 5.41) is 11.7. The van der Waals surface area contributed by atoms with Crippen molar-refractivity contribution >= 4 is 11.9 Å². The van der Waals surface area contributed by atoms with Crippen LogP contribution in [-0.2, 0) is 0 Å². The lowest BCUT2D eigenvalue weighted by molar-refractivity contribution is 0.0688. The molecule has 2 atom stereocenters. The highest BCUT2D eigenvalue weighted by Gasteiger charge is 2.23. The van der Waals surface area contributed by atoms with Crippen LogP contribution in [0.5, 0.6) is 0 Å². The predicted octanol–water partition coefficient (Wildman–Crippen LogP) is 1.87. The van der Waals surface area contributed by atoms with E-state index >= 15 is 0 Å². The van der Waals surface area contributed by atoms with E-state index in [0.717, 1.165) is 31.9 Å². The SMILES string of the molecule is CCC1CCCC(NC(=O)c2cnc(C(=O)O)cn2)C1. The number of carbonyl (C=O) groups is 2. The summed E-state index contributed by atoms with van der Waals surface area (Å²) in [7, 11) is 0. The van der Waals surface area contributed by atoms with E-state index in [0.29, 0.717) is 5.92 Å². The number of carboxylic acids is 1. The number of amides is 1. The number of aromatic carboxylic acids is 1. The Morgan fingerprint density at radius 3 is 2.60 bits per heavy atom. The monoisotopic (exact) mass is 277 g/mol. The van der Waals surface area contributed by atoms with Gasteiger partial charge >= 0.3 is 5.97 Å². The number of hydrogen-bond acceptors (Lipinski definition) is 4. The number of nitrogens with zero attached hydrogens (tertiary/aromatic N) is 2. The number of hydrogen-bond donors (Lipinski definition) is 2. The van der Waals surface area contributed by atoms with Gasteiger partial charge in [0.05, 0.1) is 12.4 Å². The Kier molecular flexibility index (Phi) is 4.65. The Morgan fingerprint density at radius 1 is 1.30 bits per heavy atom. The zero-order chi connectivity index (χ0) is 14.5. The van der Waals surface area contributed by atoms with Gasteiger partial charge < -0.3 is 10.4 Å². The van der Waals surface area contributed by atoms with E-state index in [1.807, 2.05) is 0 Å². The fourth-order valence-electron chi connectivity index (χ4n) is 2.61. The first-order valence-corrected chi connectivity index (χ1v) is 6.96. The van der Waals surface area contributed by atoms with Crippen LogP contribution in [0.4, 0.5) is 0 Å². The van der Waals surface area contributed by atoms with E-state index in [2.05, 4.69) is 22.2 Å². The lowest BCUT2D eigenvalue weighted by atomic mass is 9.84. The third-order valence-electron chi connectivity index (χ3n) is 3.80. The van der Waals surface area contributed by atoms with Crippen molar-refractivity contribution < 1.29 is 14.7 Å². The van der Waals surface area contributed by atoms with Crippen LogP contribution in [0.25, 0.3) is 0 Å². The molecule has 1 heterocycles. The molecule has 6 nitrogen and oxygen atoms in total. The number of nitrogens with one attached hydrogen (secondary N) is 1. The summed E-state index contributed by atoms with van der Waals surface area (Å²) in [6.45, 7) is 2.17. The predicted molar refractivity (Wildman–Crippen MR) is 72.5 cm³/mol. The van der Waals surface area contributed by atoms with Gasteiger partial charge in [0, 0.05) is 6.04 Å². The highest BCUT2D eigenvalue weighted by molar-refractivity contribution is 5.92. The van der Waals surface area contributed by atoms with Gasteiger partial charge in [0.2, 0.25) is 0 Å². The van der Waals surface area contributed by atoms with E-state index in [4.69, 9.17) is 5.11 Å². The zero-order valence-corrected chi connectivity index (χ0v) is 11.5. The second-order valence-electron chi connectivity index (χ2n) is 5.20. The molecule has 1 fully saturated rings. The summed E-state index contributed by atoms with van der Waals surface area (Å²) in [4.78, 5) is 30.2. The third kappa shape index (κ3) is 3.53. The summed E-state index contributed by atoms with van der Waals surface area (Å²) in [6.07, 6.45) is 7.81. The van der Waals surface area contributed by atoms with Crippen molar-refractivity contribution in [3.05, 3.63) is 23.8 Å². The molecular weight excluding hydrogens is 258 g/mol. The molecule has 0 aliphatic heterocycles. The van der Waals surface area contributed by atoms with Crippen LogP contribution in [0.1, 0.15) is 60.0 Å². The van der Waals surface area contributed by atoms with Crippen molar-refractivity contribution in [3.63, 3.8) is 0 Å². The van der Waals surface area contributed by atoms with Crippen molar-refractivity contribution in [2.45, 2.75) is 45.1 Å². The Morgan fingerprint density at radius 2 is 2.00 bits per heavy atom. The fraction of sp³-hybridized carbons (Fsp3) is 0.571. The maximum absolute atomic E-state index is 12.0. The summed E-state index contributed by atoms with van der Waals surface area (Å²) in [5.74, 6) is -0.756. The van der Waals surface area contributed by atoms with Gasteiger partial charge in [0.25, 0.3) is 5.91 Å². The molecule has 1 aromatic heterocycles. The summed E-state index contributed by atoms with van der Waals surface area (Å²) >= 11 is 0. The first kappa shape index (κ1) is 14.4. The minimum absolute atomic E-state index is 0.161. The van der Waals surface area contributed by atoms with Crippen LogP contribution in [0.3, 0.4) is 0 Å². The molecule has 2 rings (SSSR count). The normalized spacial score (nSPS) is 22.2. The van der Waals surface area contributed by atoms with Gasteiger partial charge in [-0.2, -0.15) is 0 Å². The molecule has 1 saturated carbocycles. The molecule has 0 bridgehead atoms. The van der Waals surface area contributed by atoms with Gasteiger partial charge in [0.1, 0.15) is 5.69 Å². The minimum Gasteiger partial charge on any atom is -0.476 e. The van der Waals surface area contributed by atoms with Gasteiger partial charge in [-0.3, -0.25) is 4.79 Å². The Labute approximate surface area is 117 Å².